The minimum absolute atomic E-state index is 0.0463. The van der Waals surface area contributed by atoms with E-state index in [-0.39, 0.29) is 11.9 Å². The summed E-state index contributed by atoms with van der Waals surface area (Å²) in [6.45, 7) is 6.91. The molecule has 0 saturated carbocycles. The summed E-state index contributed by atoms with van der Waals surface area (Å²) >= 11 is 0. The van der Waals surface area contributed by atoms with E-state index in [0.29, 0.717) is 18.7 Å². The van der Waals surface area contributed by atoms with Crippen LogP contribution in [0.25, 0.3) is 5.52 Å². The Morgan fingerprint density at radius 1 is 0.903 bits per heavy atom. The third kappa shape index (κ3) is 4.35. The number of hydrogen-bond acceptors (Lipinski definition) is 3. The largest absolute Gasteiger partial charge is 0.354 e. The van der Waals surface area contributed by atoms with Crippen molar-refractivity contribution in [3.05, 3.63) is 65.4 Å². The Kier molecular flexibility index (Phi) is 5.59. The Balaban J connectivity index is 1.53. The van der Waals surface area contributed by atoms with Crippen LogP contribution in [0.2, 0.25) is 0 Å². The highest BCUT2D eigenvalue weighted by molar-refractivity contribution is 6.04. The minimum atomic E-state index is -0.132. The Hall–Kier alpha value is -3.48. The summed E-state index contributed by atoms with van der Waals surface area (Å²) in [5.74, 6) is 0.904. The molecule has 4 rings (SSSR count). The number of nitrogens with zero attached hydrogens (tertiary/aromatic N) is 4. The minimum Gasteiger partial charge on any atom is -0.354 e. The molecule has 3 amide bonds. The normalized spacial score (nSPS) is 14.1. The summed E-state index contributed by atoms with van der Waals surface area (Å²) in [5.41, 5.74) is 4.67. The highest BCUT2D eigenvalue weighted by Crippen LogP contribution is 2.23. The second-order valence-corrected chi connectivity index (χ2v) is 8.39. The van der Waals surface area contributed by atoms with E-state index in [1.807, 2.05) is 49.2 Å². The van der Waals surface area contributed by atoms with Gasteiger partial charge in [-0.1, -0.05) is 6.07 Å². The molecule has 0 unspecified atom stereocenters. The van der Waals surface area contributed by atoms with E-state index in [1.165, 1.54) is 0 Å². The first kappa shape index (κ1) is 20.8. The van der Waals surface area contributed by atoms with E-state index in [9.17, 15) is 9.59 Å². The van der Waals surface area contributed by atoms with E-state index in [4.69, 9.17) is 0 Å². The SMILES string of the molecule is Cc1cc(C)cc(NC(=O)c2ccc3ccc(N4CCN(C(=O)N(C)C)CC4)n3c2)c1. The first-order chi connectivity index (χ1) is 14.8. The smallest absolute Gasteiger partial charge is 0.319 e. The van der Waals surface area contributed by atoms with Crippen molar-refractivity contribution in [1.82, 2.24) is 14.2 Å². The summed E-state index contributed by atoms with van der Waals surface area (Å²) in [5, 5.41) is 3.01. The highest BCUT2D eigenvalue weighted by Gasteiger charge is 2.23. The number of hydrogen-bond donors (Lipinski definition) is 1. The molecule has 0 spiro atoms. The lowest BCUT2D eigenvalue weighted by molar-refractivity contribution is 0.102. The molecule has 3 aromatic rings. The van der Waals surface area contributed by atoms with Crippen LogP contribution in [0.1, 0.15) is 21.5 Å². The molecular weight excluding hydrogens is 390 g/mol. The van der Waals surface area contributed by atoms with Crippen LogP contribution < -0.4 is 10.2 Å². The van der Waals surface area contributed by atoms with Crippen LogP contribution in [0, 0.1) is 13.8 Å². The lowest BCUT2D eigenvalue weighted by atomic mass is 10.1. The molecule has 31 heavy (non-hydrogen) atoms. The molecule has 3 heterocycles. The number of nitrogens with one attached hydrogen (secondary N) is 1. The van der Waals surface area contributed by atoms with Crippen molar-refractivity contribution in [3.63, 3.8) is 0 Å². The Labute approximate surface area is 182 Å². The van der Waals surface area contributed by atoms with Gasteiger partial charge in [0.05, 0.1) is 5.56 Å². The zero-order chi connectivity index (χ0) is 22.1. The summed E-state index contributed by atoms with van der Waals surface area (Å²) in [7, 11) is 3.56. The summed E-state index contributed by atoms with van der Waals surface area (Å²) in [4.78, 5) is 30.8. The average Bonchev–Trinajstić information content (AvgIpc) is 3.15. The van der Waals surface area contributed by atoms with Crippen molar-refractivity contribution in [2.75, 3.05) is 50.5 Å². The number of fused-ring (bicyclic) bond motifs is 1. The van der Waals surface area contributed by atoms with Gasteiger partial charge in [-0.15, -0.1) is 0 Å². The number of aryl methyl sites for hydroxylation is 2. The molecule has 0 radical (unpaired) electrons. The standard InChI is InChI=1S/C24H29N5O2/c1-17-13-18(2)15-20(14-17)25-23(30)19-5-6-21-7-8-22(29(21)16-19)27-9-11-28(12-10-27)24(31)26(3)4/h5-8,13-16H,9-12H2,1-4H3,(H,25,30). The molecule has 1 aromatic carbocycles. The molecule has 0 aliphatic carbocycles. The van der Waals surface area contributed by atoms with Gasteiger partial charge in [-0.25, -0.2) is 4.79 Å². The number of aromatic nitrogens is 1. The van der Waals surface area contributed by atoms with E-state index < -0.39 is 0 Å². The van der Waals surface area contributed by atoms with Gasteiger partial charge in [-0.3, -0.25) is 4.79 Å². The number of urea groups is 1. The van der Waals surface area contributed by atoms with Crippen molar-refractivity contribution < 1.29 is 9.59 Å². The molecular formula is C24H29N5O2. The van der Waals surface area contributed by atoms with Gasteiger partial charge in [0.25, 0.3) is 5.91 Å². The van der Waals surface area contributed by atoms with Crippen LogP contribution in [-0.2, 0) is 0 Å². The van der Waals surface area contributed by atoms with E-state index in [2.05, 4.69) is 32.8 Å². The fourth-order valence-electron chi connectivity index (χ4n) is 4.14. The molecule has 2 aromatic heterocycles. The number of benzene rings is 1. The van der Waals surface area contributed by atoms with Gasteiger partial charge in [-0.05, 0) is 61.4 Å². The first-order valence-corrected chi connectivity index (χ1v) is 10.5. The third-order valence-corrected chi connectivity index (χ3v) is 5.63. The first-order valence-electron chi connectivity index (χ1n) is 10.5. The number of carbonyl (C=O) groups is 2. The predicted molar refractivity (Wildman–Crippen MR) is 124 cm³/mol. The Bertz CT molecular complexity index is 1110. The number of rotatable bonds is 3. The van der Waals surface area contributed by atoms with Crippen molar-refractivity contribution in [3.8, 4) is 0 Å². The quantitative estimate of drug-likeness (QED) is 0.706. The van der Waals surface area contributed by atoms with Crippen LogP contribution >= 0.6 is 0 Å². The highest BCUT2D eigenvalue weighted by atomic mass is 16.2. The molecule has 162 valence electrons. The number of amides is 3. The van der Waals surface area contributed by atoms with Crippen LogP contribution in [0.3, 0.4) is 0 Å². The monoisotopic (exact) mass is 419 g/mol. The van der Waals surface area contributed by atoms with Crippen LogP contribution in [-0.4, -0.2) is 66.4 Å². The van der Waals surface area contributed by atoms with Crippen molar-refractivity contribution in [2.45, 2.75) is 13.8 Å². The van der Waals surface area contributed by atoms with Gasteiger partial charge in [0.2, 0.25) is 0 Å². The Morgan fingerprint density at radius 2 is 1.55 bits per heavy atom. The zero-order valence-corrected chi connectivity index (χ0v) is 18.6. The van der Waals surface area contributed by atoms with Gasteiger partial charge >= 0.3 is 6.03 Å². The van der Waals surface area contributed by atoms with E-state index >= 15 is 0 Å². The van der Waals surface area contributed by atoms with Crippen LogP contribution in [0.15, 0.2) is 48.7 Å². The molecule has 1 saturated heterocycles. The van der Waals surface area contributed by atoms with Crippen LogP contribution in [0.5, 0.6) is 0 Å². The van der Waals surface area contributed by atoms with Crippen molar-refractivity contribution >= 4 is 29.0 Å². The molecule has 1 fully saturated rings. The maximum atomic E-state index is 12.9. The molecule has 1 aliphatic rings. The second-order valence-electron chi connectivity index (χ2n) is 8.39. The van der Waals surface area contributed by atoms with Crippen molar-refractivity contribution in [2.24, 2.45) is 0 Å². The molecule has 7 nitrogen and oxygen atoms in total. The molecule has 1 N–H and O–H groups in total. The van der Waals surface area contributed by atoms with E-state index in [0.717, 1.165) is 41.2 Å². The molecule has 7 heteroatoms. The Morgan fingerprint density at radius 3 is 2.19 bits per heavy atom. The van der Waals surface area contributed by atoms with Gasteiger partial charge in [-0.2, -0.15) is 0 Å². The third-order valence-electron chi connectivity index (χ3n) is 5.63. The molecule has 0 bridgehead atoms. The summed E-state index contributed by atoms with van der Waals surface area (Å²) in [6, 6.07) is 14.0. The molecule has 0 atom stereocenters. The lowest BCUT2D eigenvalue weighted by Gasteiger charge is -2.36. The molecule has 1 aliphatic heterocycles. The average molecular weight is 420 g/mol. The topological polar surface area (TPSA) is 60.3 Å². The fourth-order valence-corrected chi connectivity index (χ4v) is 4.14. The van der Waals surface area contributed by atoms with E-state index in [1.54, 1.807) is 19.0 Å². The fraction of sp³-hybridized carbons (Fsp3) is 0.333. The second kappa shape index (κ2) is 8.34. The number of piperazine rings is 1. The van der Waals surface area contributed by atoms with Gasteiger partial charge in [0, 0.05) is 57.7 Å². The van der Waals surface area contributed by atoms with Crippen molar-refractivity contribution in [1.29, 1.82) is 0 Å². The summed E-state index contributed by atoms with van der Waals surface area (Å²) in [6.07, 6.45) is 1.89. The number of pyridine rings is 1. The maximum absolute atomic E-state index is 12.9. The zero-order valence-electron chi connectivity index (χ0n) is 18.6. The van der Waals surface area contributed by atoms with Gasteiger partial charge < -0.3 is 24.4 Å². The van der Waals surface area contributed by atoms with Crippen LogP contribution in [0.4, 0.5) is 16.3 Å². The van der Waals surface area contributed by atoms with Gasteiger partial charge in [0.15, 0.2) is 0 Å². The lowest BCUT2D eigenvalue weighted by Crippen LogP contribution is -2.51. The number of carbonyl (C=O) groups excluding carboxylic acids is 2. The van der Waals surface area contributed by atoms with Gasteiger partial charge in [0.1, 0.15) is 5.82 Å². The number of anilines is 2. The summed E-state index contributed by atoms with van der Waals surface area (Å²) < 4.78 is 2.06. The predicted octanol–water partition coefficient (Wildman–Crippen LogP) is 3.61. The maximum Gasteiger partial charge on any atom is 0.319 e.